The molecule has 3 aromatic rings. The molecule has 0 nitrogen and oxygen atoms in total. The van der Waals surface area contributed by atoms with Crippen LogP contribution in [0.1, 0.15) is 6.92 Å². The van der Waals surface area contributed by atoms with E-state index in [1.807, 2.05) is 49.4 Å². The van der Waals surface area contributed by atoms with Crippen molar-refractivity contribution in [3.63, 3.8) is 0 Å². The molecule has 0 amide bonds. The van der Waals surface area contributed by atoms with Crippen LogP contribution in [0.5, 0.6) is 0 Å². The number of hydrogen-bond donors (Lipinski definition) is 0. The van der Waals surface area contributed by atoms with Crippen molar-refractivity contribution >= 4 is 24.0 Å². The summed E-state index contributed by atoms with van der Waals surface area (Å²) in [6, 6.07) is 23.2. The standard InChI is InChI=1S/C11H12P.C5H5.C5H8.Zr/c1-12(2)11-7-9-5-3-4-6-10(9)8-11;1-2-4-5-3-1;1-3-5-4-2;/h3-8H,1-2H3;1-5H;3-5H,1H2,2H3;/q2*-1;;+2. The minimum absolute atomic E-state index is 0. The zero-order valence-electron chi connectivity index (χ0n) is 14.2. The summed E-state index contributed by atoms with van der Waals surface area (Å²) in [4.78, 5) is 0. The third kappa shape index (κ3) is 8.99. The number of benzene rings is 1. The molecule has 2 heteroatoms. The molecule has 0 atom stereocenters. The fourth-order valence-corrected chi connectivity index (χ4v) is 2.64. The van der Waals surface area contributed by atoms with E-state index in [2.05, 4.69) is 56.3 Å². The van der Waals surface area contributed by atoms with Gasteiger partial charge in [-0.05, 0) is 20.3 Å². The molecule has 0 spiro atoms. The van der Waals surface area contributed by atoms with Crippen molar-refractivity contribution in [1.82, 2.24) is 0 Å². The second-order valence-corrected chi connectivity index (χ2v) is 7.27. The predicted octanol–water partition coefficient (Wildman–Crippen LogP) is 6.08. The molecule has 0 radical (unpaired) electrons. The van der Waals surface area contributed by atoms with Crippen LogP contribution in [-0.2, 0) is 26.2 Å². The fraction of sp³-hybridized carbons (Fsp3) is 0.143. The van der Waals surface area contributed by atoms with Gasteiger partial charge < -0.3 is 0 Å². The maximum atomic E-state index is 3.46. The van der Waals surface area contributed by atoms with Gasteiger partial charge in [-0.3, -0.25) is 0 Å². The van der Waals surface area contributed by atoms with Gasteiger partial charge in [0.15, 0.2) is 0 Å². The Labute approximate surface area is 161 Å². The number of fused-ring (bicyclic) bond motifs is 1. The first-order valence-corrected chi connectivity index (χ1v) is 9.66. The van der Waals surface area contributed by atoms with Gasteiger partial charge in [0.05, 0.1) is 0 Å². The Morgan fingerprint density at radius 3 is 2.09 bits per heavy atom. The molecule has 0 aliphatic heterocycles. The smallest absolute Gasteiger partial charge is 0.214 e. The quantitative estimate of drug-likeness (QED) is 0.278. The van der Waals surface area contributed by atoms with Crippen LogP contribution in [0.3, 0.4) is 0 Å². The van der Waals surface area contributed by atoms with Crippen LogP contribution in [0, 0.1) is 0 Å². The zero-order valence-corrected chi connectivity index (χ0v) is 17.6. The molecule has 3 aromatic carbocycles. The summed E-state index contributed by atoms with van der Waals surface area (Å²) in [5.41, 5.74) is 0. The van der Waals surface area contributed by atoms with Crippen LogP contribution >= 0.6 is 7.92 Å². The third-order valence-electron chi connectivity index (χ3n) is 3.00. The van der Waals surface area contributed by atoms with Gasteiger partial charge in [0.2, 0.25) is 0 Å². The molecular weight excluding hydrogens is 374 g/mol. The van der Waals surface area contributed by atoms with E-state index in [1.165, 1.54) is 16.1 Å². The molecule has 0 unspecified atom stereocenters. The summed E-state index contributed by atoms with van der Waals surface area (Å²) in [7, 11) is 0.0576. The molecule has 3 rings (SSSR count). The Kier molecular flexibility index (Phi) is 12.8. The van der Waals surface area contributed by atoms with E-state index in [9.17, 15) is 0 Å². The topological polar surface area (TPSA) is 0 Å². The van der Waals surface area contributed by atoms with Crippen molar-refractivity contribution in [1.29, 1.82) is 0 Å². The number of rotatable bonds is 2. The summed E-state index contributed by atoms with van der Waals surface area (Å²) >= 11 is 0. The fourth-order valence-electron chi connectivity index (χ4n) is 1.85. The second kappa shape index (κ2) is 13.4. The Hall–Kier alpha value is -1.03. The molecule has 0 aliphatic rings. The van der Waals surface area contributed by atoms with Gasteiger partial charge >= 0.3 is 26.2 Å². The normalized spacial score (nSPS) is 9.57. The van der Waals surface area contributed by atoms with Gasteiger partial charge in [0.1, 0.15) is 0 Å². The second-order valence-electron chi connectivity index (χ2n) is 4.96. The number of allylic oxidation sites excluding steroid dienone is 3. The van der Waals surface area contributed by atoms with Crippen LogP contribution in [-0.4, -0.2) is 13.3 Å². The van der Waals surface area contributed by atoms with Crippen molar-refractivity contribution in [2.45, 2.75) is 6.92 Å². The molecule has 0 saturated heterocycles. The predicted molar refractivity (Wildman–Crippen MR) is 105 cm³/mol. The van der Waals surface area contributed by atoms with Crippen LogP contribution in [0.15, 0.2) is 91.5 Å². The monoisotopic (exact) mass is 398 g/mol. The van der Waals surface area contributed by atoms with E-state index >= 15 is 0 Å². The minimum Gasteiger partial charge on any atom is -0.214 e. The molecule has 0 saturated carbocycles. The van der Waals surface area contributed by atoms with E-state index in [-0.39, 0.29) is 34.1 Å². The molecular formula is C21H25PZr. The van der Waals surface area contributed by atoms with Gasteiger partial charge in [0.25, 0.3) is 0 Å². The summed E-state index contributed by atoms with van der Waals surface area (Å²) in [6.07, 6.45) is 5.58. The SMILES string of the molecule is C=CC=CC.CP(C)c1cc2ccccc2[cH-]1.[Zr+2].c1cc[cH-]c1. The average Bonchev–Trinajstić information content (AvgIpc) is 3.21. The largest absolute Gasteiger partial charge is 2.00 e. The van der Waals surface area contributed by atoms with Crippen LogP contribution < -0.4 is 5.30 Å². The van der Waals surface area contributed by atoms with Gasteiger partial charge in [-0.15, -0.1) is 48.3 Å². The van der Waals surface area contributed by atoms with Crippen molar-refractivity contribution in [2.75, 3.05) is 13.3 Å². The molecule has 23 heavy (non-hydrogen) atoms. The van der Waals surface area contributed by atoms with E-state index < -0.39 is 0 Å². The number of hydrogen-bond acceptors (Lipinski definition) is 0. The van der Waals surface area contributed by atoms with Gasteiger partial charge in [-0.25, -0.2) is 12.1 Å². The van der Waals surface area contributed by atoms with Gasteiger partial charge in [-0.1, -0.05) is 30.9 Å². The summed E-state index contributed by atoms with van der Waals surface area (Å²) in [5.74, 6) is 0. The van der Waals surface area contributed by atoms with Crippen molar-refractivity contribution < 1.29 is 26.2 Å². The zero-order chi connectivity index (χ0) is 16.2. The Morgan fingerprint density at radius 2 is 1.70 bits per heavy atom. The molecule has 118 valence electrons. The first-order chi connectivity index (χ1) is 10.7. The summed E-state index contributed by atoms with van der Waals surface area (Å²) < 4.78 is 0. The Morgan fingerprint density at radius 1 is 1.04 bits per heavy atom. The van der Waals surface area contributed by atoms with E-state index in [4.69, 9.17) is 0 Å². The van der Waals surface area contributed by atoms with E-state index in [0.717, 1.165) is 0 Å². The molecule has 0 N–H and O–H groups in total. The van der Waals surface area contributed by atoms with Crippen LogP contribution in [0.2, 0.25) is 0 Å². The first-order valence-electron chi connectivity index (χ1n) is 7.42. The Bertz CT molecular complexity index is 610. The Balaban J connectivity index is 0.000000370. The van der Waals surface area contributed by atoms with Gasteiger partial charge in [0, 0.05) is 0 Å². The van der Waals surface area contributed by atoms with Gasteiger partial charge in [-0.2, -0.15) is 24.3 Å². The third-order valence-corrected chi connectivity index (χ3v) is 4.29. The molecule has 0 bridgehead atoms. The summed E-state index contributed by atoms with van der Waals surface area (Å²) in [6.45, 7) is 10.0. The van der Waals surface area contributed by atoms with Crippen LogP contribution in [0.4, 0.5) is 0 Å². The molecule has 0 heterocycles. The molecule has 0 fully saturated rings. The summed E-state index contributed by atoms with van der Waals surface area (Å²) in [5, 5.41) is 4.26. The van der Waals surface area contributed by atoms with Crippen LogP contribution in [0.25, 0.3) is 10.8 Å². The first kappa shape index (κ1) is 22.0. The maximum Gasteiger partial charge on any atom is 2.00 e. The van der Waals surface area contributed by atoms with Crippen molar-refractivity contribution in [3.8, 4) is 0 Å². The van der Waals surface area contributed by atoms with Crippen molar-refractivity contribution in [3.05, 3.63) is 91.5 Å². The maximum absolute atomic E-state index is 3.46. The average molecular weight is 400 g/mol. The minimum atomic E-state index is 0. The van der Waals surface area contributed by atoms with E-state index in [0.29, 0.717) is 0 Å². The molecule has 0 aliphatic carbocycles. The van der Waals surface area contributed by atoms with E-state index in [1.54, 1.807) is 6.08 Å². The molecule has 0 aromatic heterocycles. The van der Waals surface area contributed by atoms with Crippen molar-refractivity contribution in [2.24, 2.45) is 0 Å².